The van der Waals surface area contributed by atoms with Gasteiger partial charge in [0.1, 0.15) is 22.5 Å². The molecule has 0 saturated heterocycles. The van der Waals surface area contributed by atoms with Gasteiger partial charge in [-0.1, -0.05) is 76.6 Å². The summed E-state index contributed by atoms with van der Waals surface area (Å²) in [5.74, 6) is -0.299. The molecule has 6 aromatic rings. The molecule has 3 N–H and O–H groups in total. The number of carbonyl (C=O) groups excluding carboxylic acids is 4. The van der Waals surface area contributed by atoms with Crippen molar-refractivity contribution < 1.29 is 23.6 Å². The summed E-state index contributed by atoms with van der Waals surface area (Å²) in [6.07, 6.45) is 1.49. The number of hydrogen-bond donors (Lipinski definition) is 3. The van der Waals surface area contributed by atoms with Crippen LogP contribution in [0.2, 0.25) is 0 Å². The van der Waals surface area contributed by atoms with Crippen molar-refractivity contribution in [3.05, 3.63) is 178 Å². The molecule has 0 fully saturated rings. The Morgan fingerprint density at radius 2 is 1.29 bits per heavy atom. The Bertz CT molecular complexity index is 2220. The van der Waals surface area contributed by atoms with Gasteiger partial charge in [-0.25, -0.2) is 0 Å². The molecule has 1 aromatic heterocycles. The number of furan rings is 1. The summed E-state index contributed by atoms with van der Waals surface area (Å²) in [4.78, 5) is 52.8. The van der Waals surface area contributed by atoms with Crippen LogP contribution in [0.25, 0.3) is 17.4 Å². The molecular weight excluding hydrogens is 738 g/mol. The van der Waals surface area contributed by atoms with Crippen molar-refractivity contribution in [3.63, 3.8) is 0 Å². The number of nitrogens with one attached hydrogen (secondary N) is 3. The SMILES string of the molecule is CC(=O)c1ccc(NC(=O)[C@H](Sc2ccc(NC(=O)/C(=C/c3ccc(-c4ccc(Br)cc4)o3)NC(=O)c3ccccc3)cc2)c2ccccc2)cc1. The van der Waals surface area contributed by atoms with Crippen molar-refractivity contribution in [1.29, 1.82) is 0 Å². The number of ketones is 1. The van der Waals surface area contributed by atoms with Crippen molar-refractivity contribution in [3.8, 4) is 11.3 Å². The molecule has 3 amide bonds. The third-order valence-corrected chi connectivity index (χ3v) is 9.63. The molecule has 0 aliphatic carbocycles. The summed E-state index contributed by atoms with van der Waals surface area (Å²) < 4.78 is 6.95. The van der Waals surface area contributed by atoms with Crippen LogP contribution in [0.4, 0.5) is 11.4 Å². The van der Waals surface area contributed by atoms with E-state index in [0.717, 1.165) is 20.5 Å². The number of anilines is 2. The molecule has 0 unspecified atom stereocenters. The second kappa shape index (κ2) is 16.8. The number of thioether (sulfide) groups is 1. The Hall–Kier alpha value is -5.97. The number of halogens is 1. The van der Waals surface area contributed by atoms with Gasteiger partial charge in [-0.05, 0) is 97.4 Å². The van der Waals surface area contributed by atoms with Crippen LogP contribution in [0.1, 0.15) is 44.2 Å². The maximum absolute atomic E-state index is 13.6. The van der Waals surface area contributed by atoms with Crippen LogP contribution in [0.15, 0.2) is 165 Å². The molecule has 5 aromatic carbocycles. The molecule has 258 valence electrons. The molecule has 0 aliphatic heterocycles. The van der Waals surface area contributed by atoms with Crippen LogP contribution >= 0.6 is 27.7 Å². The minimum Gasteiger partial charge on any atom is -0.457 e. The van der Waals surface area contributed by atoms with E-state index in [0.29, 0.717) is 34.0 Å². The number of Topliss-reactive ketones (excluding diaryl/α,β-unsaturated/α-hetero) is 1. The molecule has 52 heavy (non-hydrogen) atoms. The standard InChI is InChI=1S/C42H32BrN3O5S/c1-27(47)28-14-18-33(19-15-28)45-42(50)39(30-8-4-2-5-9-30)52-36-23-20-34(21-24-36)44-41(49)37(46-40(48)31-10-6-3-7-11-31)26-35-22-25-38(51-35)29-12-16-32(43)17-13-29/h2-26,39H,1H3,(H,44,49)(H,45,50)(H,46,48)/b37-26-/t39-/m1/s1. The number of hydrogen-bond acceptors (Lipinski definition) is 6. The van der Waals surface area contributed by atoms with Crippen molar-refractivity contribution >= 4 is 68.6 Å². The molecule has 8 nitrogen and oxygen atoms in total. The molecule has 10 heteroatoms. The van der Waals surface area contributed by atoms with Gasteiger partial charge in [0.15, 0.2) is 5.78 Å². The zero-order valence-corrected chi connectivity index (χ0v) is 30.2. The molecule has 1 heterocycles. The van der Waals surface area contributed by atoms with Gasteiger partial charge in [-0.2, -0.15) is 0 Å². The van der Waals surface area contributed by atoms with Crippen LogP contribution in [0, 0.1) is 0 Å². The van der Waals surface area contributed by atoms with E-state index in [9.17, 15) is 19.2 Å². The molecular formula is C42H32BrN3O5S. The minimum absolute atomic E-state index is 0.0128. The first-order valence-corrected chi connectivity index (χ1v) is 17.9. The first-order chi connectivity index (χ1) is 25.2. The zero-order chi connectivity index (χ0) is 36.5. The fourth-order valence-electron chi connectivity index (χ4n) is 5.13. The van der Waals surface area contributed by atoms with Gasteiger partial charge >= 0.3 is 0 Å². The summed E-state index contributed by atoms with van der Waals surface area (Å²) in [7, 11) is 0. The van der Waals surface area contributed by atoms with E-state index in [1.54, 1.807) is 78.9 Å². The van der Waals surface area contributed by atoms with Gasteiger partial charge in [0.25, 0.3) is 11.8 Å². The summed E-state index contributed by atoms with van der Waals surface area (Å²) in [5, 5.41) is 7.96. The fraction of sp³-hybridized carbons (Fsp3) is 0.0476. The summed E-state index contributed by atoms with van der Waals surface area (Å²) in [6.45, 7) is 1.49. The Morgan fingerprint density at radius 3 is 1.94 bits per heavy atom. The number of carbonyl (C=O) groups is 4. The Labute approximate surface area is 313 Å². The Morgan fingerprint density at radius 1 is 0.673 bits per heavy atom. The third-order valence-electron chi connectivity index (χ3n) is 7.84. The lowest BCUT2D eigenvalue weighted by molar-refractivity contribution is -0.116. The van der Waals surface area contributed by atoms with Crippen LogP contribution < -0.4 is 16.0 Å². The lowest BCUT2D eigenvalue weighted by Gasteiger charge is -2.18. The van der Waals surface area contributed by atoms with E-state index in [1.807, 2.05) is 66.7 Å². The van der Waals surface area contributed by atoms with Crippen LogP contribution in [0.3, 0.4) is 0 Å². The minimum atomic E-state index is -0.590. The molecule has 0 spiro atoms. The highest BCUT2D eigenvalue weighted by molar-refractivity contribution is 9.10. The summed E-state index contributed by atoms with van der Waals surface area (Å²) in [6, 6.07) is 43.1. The summed E-state index contributed by atoms with van der Waals surface area (Å²) >= 11 is 4.79. The van der Waals surface area contributed by atoms with Gasteiger partial charge in [0.05, 0.1) is 0 Å². The van der Waals surface area contributed by atoms with Crippen molar-refractivity contribution in [2.45, 2.75) is 17.1 Å². The topological polar surface area (TPSA) is 118 Å². The van der Waals surface area contributed by atoms with E-state index in [4.69, 9.17) is 4.42 Å². The predicted molar refractivity (Wildman–Crippen MR) is 209 cm³/mol. The maximum atomic E-state index is 13.6. The smallest absolute Gasteiger partial charge is 0.272 e. The van der Waals surface area contributed by atoms with E-state index in [-0.39, 0.29) is 17.4 Å². The average Bonchev–Trinajstić information content (AvgIpc) is 3.64. The normalized spacial score (nSPS) is 11.7. The van der Waals surface area contributed by atoms with Gasteiger partial charge in [0.2, 0.25) is 5.91 Å². The summed E-state index contributed by atoms with van der Waals surface area (Å²) in [5.41, 5.74) is 3.67. The molecule has 0 aliphatic rings. The highest BCUT2D eigenvalue weighted by Gasteiger charge is 2.23. The van der Waals surface area contributed by atoms with E-state index in [1.165, 1.54) is 24.8 Å². The third kappa shape index (κ3) is 9.42. The van der Waals surface area contributed by atoms with E-state index in [2.05, 4.69) is 31.9 Å². The Balaban J connectivity index is 1.19. The largest absolute Gasteiger partial charge is 0.457 e. The van der Waals surface area contributed by atoms with Crippen molar-refractivity contribution in [1.82, 2.24) is 5.32 Å². The van der Waals surface area contributed by atoms with Gasteiger partial charge < -0.3 is 20.4 Å². The Kier molecular flexibility index (Phi) is 11.6. The lowest BCUT2D eigenvalue weighted by atomic mass is 10.1. The number of rotatable bonds is 12. The zero-order valence-electron chi connectivity index (χ0n) is 27.8. The maximum Gasteiger partial charge on any atom is 0.272 e. The first-order valence-electron chi connectivity index (χ1n) is 16.2. The quantitative estimate of drug-likeness (QED) is 0.0648. The van der Waals surface area contributed by atoms with Crippen molar-refractivity contribution in [2.75, 3.05) is 10.6 Å². The second-order valence-corrected chi connectivity index (χ2v) is 13.7. The second-order valence-electron chi connectivity index (χ2n) is 11.6. The van der Waals surface area contributed by atoms with Gasteiger partial charge in [0, 0.05) is 43.5 Å². The first kappa shape index (κ1) is 35.8. The van der Waals surface area contributed by atoms with Crippen LogP contribution in [0.5, 0.6) is 0 Å². The molecule has 6 rings (SSSR count). The van der Waals surface area contributed by atoms with Crippen LogP contribution in [-0.2, 0) is 9.59 Å². The molecule has 0 saturated carbocycles. The lowest BCUT2D eigenvalue weighted by Crippen LogP contribution is -2.30. The monoisotopic (exact) mass is 769 g/mol. The highest BCUT2D eigenvalue weighted by atomic mass is 79.9. The average molecular weight is 771 g/mol. The molecule has 1 atom stereocenters. The highest BCUT2D eigenvalue weighted by Crippen LogP contribution is 2.37. The predicted octanol–water partition coefficient (Wildman–Crippen LogP) is 9.79. The fourth-order valence-corrected chi connectivity index (χ4v) is 6.42. The van der Waals surface area contributed by atoms with E-state index < -0.39 is 17.1 Å². The van der Waals surface area contributed by atoms with Gasteiger partial charge in [-0.3, -0.25) is 19.2 Å². The van der Waals surface area contributed by atoms with E-state index >= 15 is 0 Å². The van der Waals surface area contributed by atoms with Crippen molar-refractivity contribution in [2.24, 2.45) is 0 Å². The number of benzene rings is 5. The number of amides is 3. The molecule has 0 radical (unpaired) electrons. The molecule has 0 bridgehead atoms. The van der Waals surface area contributed by atoms with Gasteiger partial charge in [-0.15, -0.1) is 11.8 Å². The van der Waals surface area contributed by atoms with Crippen LogP contribution in [-0.4, -0.2) is 23.5 Å².